The van der Waals surface area contributed by atoms with Crippen LogP contribution in [-0.2, 0) is 11.0 Å². The van der Waals surface area contributed by atoms with Crippen molar-refractivity contribution in [1.82, 2.24) is 4.31 Å². The molecule has 0 amide bonds. The van der Waals surface area contributed by atoms with E-state index < -0.39 is 11.0 Å². The molecule has 1 saturated heterocycles. The maximum Gasteiger partial charge on any atom is 0.100 e. The second-order valence-electron chi connectivity index (χ2n) is 4.76. The SMILES string of the molecule is CCCCC1CN1S(=O)C(C)(C)C. The highest BCUT2D eigenvalue weighted by molar-refractivity contribution is 7.84. The van der Waals surface area contributed by atoms with Gasteiger partial charge in [-0.05, 0) is 27.2 Å². The highest BCUT2D eigenvalue weighted by Crippen LogP contribution is 2.30. The maximum atomic E-state index is 11.8. The molecule has 0 N–H and O–H groups in total. The predicted octanol–water partition coefficient (Wildman–Crippen LogP) is 2.32. The molecule has 78 valence electrons. The minimum atomic E-state index is -0.778. The molecular weight excluding hydrogens is 182 g/mol. The molecule has 0 saturated carbocycles. The Balaban J connectivity index is 2.30. The molecule has 0 bridgehead atoms. The van der Waals surface area contributed by atoms with Gasteiger partial charge in [-0.15, -0.1) is 0 Å². The molecule has 0 aromatic heterocycles. The van der Waals surface area contributed by atoms with Gasteiger partial charge in [0.2, 0.25) is 0 Å². The molecule has 1 rings (SSSR count). The Morgan fingerprint density at radius 1 is 1.46 bits per heavy atom. The van der Waals surface area contributed by atoms with Gasteiger partial charge in [-0.2, -0.15) is 0 Å². The Morgan fingerprint density at radius 2 is 2.08 bits per heavy atom. The van der Waals surface area contributed by atoms with Crippen molar-refractivity contribution >= 4 is 11.0 Å². The van der Waals surface area contributed by atoms with E-state index in [9.17, 15) is 4.21 Å². The smallest absolute Gasteiger partial charge is 0.100 e. The van der Waals surface area contributed by atoms with Crippen LogP contribution in [0.25, 0.3) is 0 Å². The third-order valence-electron chi connectivity index (χ3n) is 2.29. The van der Waals surface area contributed by atoms with Gasteiger partial charge < -0.3 is 0 Å². The van der Waals surface area contributed by atoms with Crippen molar-refractivity contribution in [1.29, 1.82) is 0 Å². The molecule has 2 nitrogen and oxygen atoms in total. The number of unbranched alkanes of at least 4 members (excludes halogenated alkanes) is 1. The van der Waals surface area contributed by atoms with Gasteiger partial charge in [-0.25, -0.2) is 8.51 Å². The summed E-state index contributed by atoms with van der Waals surface area (Å²) in [6.07, 6.45) is 3.73. The van der Waals surface area contributed by atoms with Crippen molar-refractivity contribution in [3.8, 4) is 0 Å². The van der Waals surface area contributed by atoms with Crippen molar-refractivity contribution in [3.05, 3.63) is 0 Å². The van der Waals surface area contributed by atoms with Crippen molar-refractivity contribution in [2.24, 2.45) is 0 Å². The van der Waals surface area contributed by atoms with E-state index in [-0.39, 0.29) is 4.75 Å². The first-order valence-electron chi connectivity index (χ1n) is 5.15. The number of hydrogen-bond acceptors (Lipinski definition) is 1. The highest BCUT2D eigenvalue weighted by atomic mass is 32.2. The predicted molar refractivity (Wildman–Crippen MR) is 57.9 cm³/mol. The van der Waals surface area contributed by atoms with Gasteiger partial charge in [-0.3, -0.25) is 0 Å². The average Bonchev–Trinajstić information content (AvgIpc) is 2.76. The number of rotatable bonds is 4. The second kappa shape index (κ2) is 4.09. The first kappa shape index (κ1) is 11.2. The zero-order chi connectivity index (χ0) is 10.1. The van der Waals surface area contributed by atoms with Gasteiger partial charge in [0.25, 0.3) is 0 Å². The van der Waals surface area contributed by atoms with Crippen molar-refractivity contribution in [2.75, 3.05) is 6.54 Å². The Labute approximate surface area is 84.3 Å². The molecule has 0 aliphatic carbocycles. The summed E-state index contributed by atoms with van der Waals surface area (Å²) >= 11 is 0. The number of hydrogen-bond donors (Lipinski definition) is 0. The van der Waals surface area contributed by atoms with E-state index in [1.807, 2.05) is 20.8 Å². The Morgan fingerprint density at radius 3 is 2.54 bits per heavy atom. The molecular formula is C10H21NOS. The van der Waals surface area contributed by atoms with Crippen molar-refractivity contribution < 1.29 is 4.21 Å². The lowest BCUT2D eigenvalue weighted by Gasteiger charge is -2.18. The lowest BCUT2D eigenvalue weighted by molar-refractivity contribution is 0.587. The molecule has 13 heavy (non-hydrogen) atoms. The monoisotopic (exact) mass is 203 g/mol. The molecule has 1 aliphatic heterocycles. The standard InChI is InChI=1S/C10H21NOS/c1-5-6-7-9-8-11(9)13(12)10(2,3)4/h9H,5-8H2,1-4H3. The molecule has 3 heteroatoms. The summed E-state index contributed by atoms with van der Waals surface area (Å²) in [5.41, 5.74) is 0. The summed E-state index contributed by atoms with van der Waals surface area (Å²) in [7, 11) is -0.778. The fraction of sp³-hybridized carbons (Fsp3) is 1.00. The summed E-state index contributed by atoms with van der Waals surface area (Å²) in [6.45, 7) is 9.37. The second-order valence-corrected chi connectivity index (χ2v) is 6.95. The van der Waals surface area contributed by atoms with Gasteiger partial charge in [-0.1, -0.05) is 19.8 Å². The molecule has 0 spiro atoms. The molecule has 3 atom stereocenters. The summed E-state index contributed by atoms with van der Waals surface area (Å²) in [6, 6.07) is 0.611. The van der Waals surface area contributed by atoms with E-state index in [1.54, 1.807) is 0 Å². The minimum Gasteiger partial charge on any atom is -0.242 e. The topological polar surface area (TPSA) is 20.1 Å². The first-order chi connectivity index (χ1) is 5.96. The van der Waals surface area contributed by atoms with E-state index >= 15 is 0 Å². The molecule has 0 aromatic rings. The third kappa shape index (κ3) is 3.06. The lowest BCUT2D eigenvalue weighted by Crippen LogP contribution is -2.28. The van der Waals surface area contributed by atoms with Crippen molar-refractivity contribution in [3.63, 3.8) is 0 Å². The fourth-order valence-electron chi connectivity index (χ4n) is 1.39. The Bertz CT molecular complexity index is 198. The first-order valence-corrected chi connectivity index (χ1v) is 6.26. The van der Waals surface area contributed by atoms with Crippen LogP contribution in [0.4, 0.5) is 0 Å². The minimum absolute atomic E-state index is 0.0824. The maximum absolute atomic E-state index is 11.8. The van der Waals surface area contributed by atoms with E-state index in [2.05, 4.69) is 11.2 Å². The van der Waals surface area contributed by atoms with E-state index in [4.69, 9.17) is 0 Å². The van der Waals surface area contributed by atoms with Crippen LogP contribution >= 0.6 is 0 Å². The van der Waals surface area contributed by atoms with Crippen LogP contribution in [0.1, 0.15) is 47.0 Å². The van der Waals surface area contributed by atoms with E-state index in [0.29, 0.717) is 6.04 Å². The fourth-order valence-corrected chi connectivity index (χ4v) is 2.78. The zero-order valence-electron chi connectivity index (χ0n) is 9.17. The van der Waals surface area contributed by atoms with Crippen LogP contribution in [0.3, 0.4) is 0 Å². The third-order valence-corrected chi connectivity index (χ3v) is 4.21. The summed E-state index contributed by atoms with van der Waals surface area (Å²) in [4.78, 5) is 0. The molecule has 1 fully saturated rings. The van der Waals surface area contributed by atoms with Gasteiger partial charge in [0.1, 0.15) is 11.0 Å². The summed E-state index contributed by atoms with van der Waals surface area (Å²) < 4.78 is 13.9. The van der Waals surface area contributed by atoms with Crippen LogP contribution in [0, 0.1) is 0 Å². The molecule has 1 aliphatic rings. The Kier molecular flexibility index (Phi) is 3.52. The Hall–Kier alpha value is 0.110. The van der Waals surface area contributed by atoms with Crippen LogP contribution in [-0.4, -0.2) is 25.8 Å². The van der Waals surface area contributed by atoms with Gasteiger partial charge in [0.05, 0.1) is 4.75 Å². The summed E-state index contributed by atoms with van der Waals surface area (Å²) in [5.74, 6) is 0. The molecule has 3 unspecified atom stereocenters. The van der Waals surface area contributed by atoms with Crippen LogP contribution in [0.5, 0.6) is 0 Å². The van der Waals surface area contributed by atoms with Crippen LogP contribution < -0.4 is 0 Å². The molecule has 0 aromatic carbocycles. The van der Waals surface area contributed by atoms with Crippen molar-refractivity contribution in [2.45, 2.75) is 57.7 Å². The normalized spacial score (nSPS) is 30.2. The molecule has 1 heterocycles. The van der Waals surface area contributed by atoms with Crippen LogP contribution in [0.15, 0.2) is 0 Å². The quantitative estimate of drug-likeness (QED) is 0.642. The van der Waals surface area contributed by atoms with E-state index in [1.165, 1.54) is 19.3 Å². The summed E-state index contributed by atoms with van der Waals surface area (Å²) in [5, 5.41) is 0. The lowest BCUT2D eigenvalue weighted by atomic mass is 10.2. The largest absolute Gasteiger partial charge is 0.242 e. The van der Waals surface area contributed by atoms with Gasteiger partial charge >= 0.3 is 0 Å². The van der Waals surface area contributed by atoms with Gasteiger partial charge in [0, 0.05) is 12.6 Å². The zero-order valence-corrected chi connectivity index (χ0v) is 9.99. The van der Waals surface area contributed by atoms with E-state index in [0.717, 1.165) is 6.54 Å². The average molecular weight is 203 g/mol. The van der Waals surface area contributed by atoms with Gasteiger partial charge in [0.15, 0.2) is 0 Å². The molecule has 0 radical (unpaired) electrons. The highest BCUT2D eigenvalue weighted by Gasteiger charge is 2.42. The number of nitrogens with zero attached hydrogens (tertiary/aromatic N) is 1. The van der Waals surface area contributed by atoms with Crippen LogP contribution in [0.2, 0.25) is 0 Å².